The first-order chi connectivity index (χ1) is 7.20. The Balaban J connectivity index is 0.000000531. The van der Waals surface area contributed by atoms with Crippen molar-refractivity contribution in [2.75, 3.05) is 0 Å². The molecule has 0 atom stereocenters. The van der Waals surface area contributed by atoms with Gasteiger partial charge in [0.05, 0.1) is 11.0 Å². The average molecular weight is 212 g/mol. The van der Waals surface area contributed by atoms with Crippen molar-refractivity contribution in [3.63, 3.8) is 0 Å². The van der Waals surface area contributed by atoms with Crippen LogP contribution >= 0.6 is 0 Å². The third-order valence-corrected chi connectivity index (χ3v) is 2.02. The summed E-state index contributed by atoms with van der Waals surface area (Å²) >= 11 is 0. The van der Waals surface area contributed by atoms with Crippen molar-refractivity contribution in [3.05, 3.63) is 30.1 Å². The predicted molar refractivity (Wildman–Crippen MR) is 57.0 cm³/mol. The van der Waals surface area contributed by atoms with Crippen LogP contribution in [0.15, 0.2) is 24.3 Å². The van der Waals surface area contributed by atoms with E-state index in [0.717, 1.165) is 5.52 Å². The van der Waals surface area contributed by atoms with Gasteiger partial charge in [-0.2, -0.15) is 0 Å². The van der Waals surface area contributed by atoms with Gasteiger partial charge in [-0.3, -0.25) is 0 Å². The highest BCUT2D eigenvalue weighted by atomic mass is 19.3. The second kappa shape index (κ2) is 4.87. The average Bonchev–Trinajstić information content (AvgIpc) is 2.60. The molecule has 2 nitrogen and oxygen atoms in total. The highest BCUT2D eigenvalue weighted by Crippen LogP contribution is 2.22. The number of hydrogen-bond acceptors (Lipinski definition) is 1. The van der Waals surface area contributed by atoms with Crippen molar-refractivity contribution >= 4 is 11.0 Å². The van der Waals surface area contributed by atoms with Crippen molar-refractivity contribution in [3.8, 4) is 0 Å². The molecule has 0 radical (unpaired) electrons. The molecule has 1 aromatic carbocycles. The van der Waals surface area contributed by atoms with Crippen LogP contribution in [0.4, 0.5) is 8.78 Å². The topological polar surface area (TPSA) is 17.8 Å². The quantitative estimate of drug-likeness (QED) is 0.707. The maximum Gasteiger partial charge on any atom is 0.295 e. The van der Waals surface area contributed by atoms with E-state index in [2.05, 4.69) is 4.98 Å². The van der Waals surface area contributed by atoms with E-state index in [9.17, 15) is 8.78 Å². The number of para-hydroxylation sites is 2. The number of rotatable bonds is 1. The third kappa shape index (κ3) is 2.14. The summed E-state index contributed by atoms with van der Waals surface area (Å²) in [5.74, 6) is -0.179. The van der Waals surface area contributed by atoms with Gasteiger partial charge < -0.3 is 4.57 Å². The Kier molecular flexibility index (Phi) is 3.77. The third-order valence-electron chi connectivity index (χ3n) is 2.02. The van der Waals surface area contributed by atoms with Crippen LogP contribution in [0.25, 0.3) is 11.0 Å². The van der Waals surface area contributed by atoms with Gasteiger partial charge in [0, 0.05) is 7.05 Å². The molecule has 0 unspecified atom stereocenters. The molecule has 2 aromatic rings. The summed E-state index contributed by atoms with van der Waals surface area (Å²) in [7, 11) is 1.59. The van der Waals surface area contributed by atoms with Gasteiger partial charge in [0.15, 0.2) is 5.82 Å². The number of hydrogen-bond donors (Lipinski definition) is 0. The zero-order valence-electron chi connectivity index (χ0n) is 9.04. The Labute approximate surface area is 87.5 Å². The van der Waals surface area contributed by atoms with Gasteiger partial charge in [-0.1, -0.05) is 26.0 Å². The number of aryl methyl sites for hydroxylation is 1. The van der Waals surface area contributed by atoms with Gasteiger partial charge in [0.25, 0.3) is 6.43 Å². The highest BCUT2D eigenvalue weighted by Gasteiger charge is 2.15. The Bertz CT molecular complexity index is 435. The predicted octanol–water partition coefficient (Wildman–Crippen LogP) is 3.54. The summed E-state index contributed by atoms with van der Waals surface area (Å²) in [5, 5.41) is 0. The molecule has 4 heteroatoms. The fourth-order valence-electron chi connectivity index (χ4n) is 1.36. The van der Waals surface area contributed by atoms with E-state index in [1.807, 2.05) is 13.8 Å². The zero-order valence-corrected chi connectivity index (χ0v) is 9.04. The fourth-order valence-corrected chi connectivity index (χ4v) is 1.36. The van der Waals surface area contributed by atoms with E-state index in [0.29, 0.717) is 5.52 Å². The Morgan fingerprint density at radius 2 is 1.80 bits per heavy atom. The van der Waals surface area contributed by atoms with Gasteiger partial charge >= 0.3 is 0 Å². The molecule has 0 saturated carbocycles. The molecule has 2 rings (SSSR count). The molecule has 1 heterocycles. The summed E-state index contributed by atoms with van der Waals surface area (Å²) in [6.07, 6.45) is -2.52. The maximum absolute atomic E-state index is 12.4. The minimum atomic E-state index is -2.52. The van der Waals surface area contributed by atoms with Gasteiger partial charge in [-0.15, -0.1) is 0 Å². The van der Waals surface area contributed by atoms with Gasteiger partial charge in [0.1, 0.15) is 0 Å². The molecule has 1 aromatic heterocycles. The summed E-state index contributed by atoms with van der Waals surface area (Å²) < 4.78 is 26.2. The number of benzene rings is 1. The van der Waals surface area contributed by atoms with Gasteiger partial charge in [-0.25, -0.2) is 13.8 Å². The van der Waals surface area contributed by atoms with Crippen LogP contribution in [-0.4, -0.2) is 9.55 Å². The normalized spacial score (nSPS) is 10.3. The molecule has 0 aliphatic heterocycles. The molecule has 82 valence electrons. The van der Waals surface area contributed by atoms with Crippen molar-refractivity contribution in [2.24, 2.45) is 7.05 Å². The molecule has 0 fully saturated rings. The molecule has 0 aliphatic rings. The summed E-state index contributed by atoms with van der Waals surface area (Å²) in [6.45, 7) is 4.00. The van der Waals surface area contributed by atoms with E-state index in [1.54, 1.807) is 31.3 Å². The summed E-state index contributed by atoms with van der Waals surface area (Å²) in [4.78, 5) is 3.82. The SMILES string of the molecule is CC.Cn1c(C(F)F)nc2ccccc21. The number of fused-ring (bicyclic) bond motifs is 1. The van der Waals surface area contributed by atoms with Crippen molar-refractivity contribution in [1.82, 2.24) is 9.55 Å². The monoisotopic (exact) mass is 212 g/mol. The van der Waals surface area contributed by atoms with E-state index < -0.39 is 6.43 Å². The lowest BCUT2D eigenvalue weighted by Crippen LogP contribution is -1.97. The molecule has 0 spiro atoms. The van der Waals surface area contributed by atoms with Crippen LogP contribution in [0.3, 0.4) is 0 Å². The Hall–Kier alpha value is -1.45. The molecule has 15 heavy (non-hydrogen) atoms. The minimum Gasteiger partial charge on any atom is -0.326 e. The first kappa shape index (κ1) is 11.6. The number of nitrogens with zero attached hydrogens (tertiary/aromatic N) is 2. The first-order valence-electron chi connectivity index (χ1n) is 4.89. The maximum atomic E-state index is 12.4. The smallest absolute Gasteiger partial charge is 0.295 e. The van der Waals surface area contributed by atoms with Crippen molar-refractivity contribution < 1.29 is 8.78 Å². The molecule has 0 bridgehead atoms. The molecule has 0 saturated heterocycles. The number of alkyl halides is 2. The lowest BCUT2D eigenvalue weighted by atomic mass is 10.3. The highest BCUT2D eigenvalue weighted by molar-refractivity contribution is 5.75. The van der Waals surface area contributed by atoms with Crippen LogP contribution in [0.5, 0.6) is 0 Å². The zero-order chi connectivity index (χ0) is 11.4. The minimum absolute atomic E-state index is 0.179. The number of aromatic nitrogens is 2. The van der Waals surface area contributed by atoms with Crippen LogP contribution in [0.1, 0.15) is 26.1 Å². The molecule has 0 amide bonds. The summed E-state index contributed by atoms with van der Waals surface area (Å²) in [6, 6.07) is 7.08. The van der Waals surface area contributed by atoms with Crippen LogP contribution in [-0.2, 0) is 7.05 Å². The molecular formula is C11H14F2N2. The Morgan fingerprint density at radius 1 is 1.20 bits per heavy atom. The number of imidazole rings is 1. The van der Waals surface area contributed by atoms with Crippen LogP contribution < -0.4 is 0 Å². The number of halogens is 2. The van der Waals surface area contributed by atoms with Crippen LogP contribution in [0.2, 0.25) is 0 Å². The lowest BCUT2D eigenvalue weighted by Gasteiger charge is -1.98. The van der Waals surface area contributed by atoms with E-state index in [-0.39, 0.29) is 5.82 Å². The first-order valence-corrected chi connectivity index (χ1v) is 4.89. The van der Waals surface area contributed by atoms with Crippen molar-refractivity contribution in [2.45, 2.75) is 20.3 Å². The van der Waals surface area contributed by atoms with E-state index >= 15 is 0 Å². The molecule has 0 aliphatic carbocycles. The second-order valence-corrected chi connectivity index (χ2v) is 2.82. The molecular weight excluding hydrogens is 198 g/mol. The largest absolute Gasteiger partial charge is 0.326 e. The lowest BCUT2D eigenvalue weighted by molar-refractivity contribution is 0.137. The van der Waals surface area contributed by atoms with Gasteiger partial charge in [0.2, 0.25) is 0 Å². The van der Waals surface area contributed by atoms with Gasteiger partial charge in [-0.05, 0) is 12.1 Å². The molecule has 0 N–H and O–H groups in total. The van der Waals surface area contributed by atoms with Crippen LogP contribution in [0, 0.1) is 0 Å². The fraction of sp³-hybridized carbons (Fsp3) is 0.364. The van der Waals surface area contributed by atoms with E-state index in [1.165, 1.54) is 4.57 Å². The second-order valence-electron chi connectivity index (χ2n) is 2.82. The summed E-state index contributed by atoms with van der Waals surface area (Å²) in [5.41, 5.74) is 1.35. The van der Waals surface area contributed by atoms with Crippen molar-refractivity contribution in [1.29, 1.82) is 0 Å². The standard InChI is InChI=1S/C9H8F2N2.C2H6/c1-13-7-5-3-2-4-6(7)12-9(13)8(10)11;1-2/h2-5,8H,1H3;1-2H3. The Morgan fingerprint density at radius 3 is 2.33 bits per heavy atom. The van der Waals surface area contributed by atoms with E-state index in [4.69, 9.17) is 0 Å².